The van der Waals surface area contributed by atoms with Crippen LogP contribution in [0.25, 0.3) is 5.57 Å². The molecule has 0 spiro atoms. The van der Waals surface area contributed by atoms with Crippen LogP contribution in [0.4, 0.5) is 10.5 Å². The number of carbonyl (C=O) groups excluding carboxylic acids is 1. The Bertz CT molecular complexity index is 936. The van der Waals surface area contributed by atoms with E-state index in [1.807, 2.05) is 12.1 Å². The third-order valence-electron chi connectivity index (χ3n) is 5.10. The van der Waals surface area contributed by atoms with Crippen molar-refractivity contribution < 1.29 is 14.6 Å². The molecule has 1 amide bonds. The highest BCUT2D eigenvalue weighted by Gasteiger charge is 2.47. The lowest BCUT2D eigenvalue weighted by Gasteiger charge is -2.15. The number of aliphatic hydroxyl groups is 1. The number of hydrogen-bond acceptors (Lipinski definition) is 7. The zero-order valence-electron chi connectivity index (χ0n) is 13.8. The quantitative estimate of drug-likeness (QED) is 0.851. The van der Waals surface area contributed by atoms with Crippen LogP contribution in [0, 0.1) is 0 Å². The first kappa shape index (κ1) is 15.2. The van der Waals surface area contributed by atoms with Gasteiger partial charge in [-0.15, -0.1) is 5.10 Å². The number of cyclic esters (lactones) is 1. The molecule has 1 saturated heterocycles. The van der Waals surface area contributed by atoms with Gasteiger partial charge in [0, 0.05) is 6.42 Å². The zero-order chi connectivity index (χ0) is 17.7. The molecule has 0 saturated carbocycles. The van der Waals surface area contributed by atoms with Gasteiger partial charge in [-0.2, -0.15) is 4.68 Å². The van der Waals surface area contributed by atoms with Gasteiger partial charge in [0.1, 0.15) is 18.3 Å². The Kier molecular flexibility index (Phi) is 3.35. The SMILES string of the molecule is O=C1OC(CO)C2Cc3cc(C4=CCC(n5cnnn5)=NC4)ccc3N12. The molecule has 26 heavy (non-hydrogen) atoms. The molecule has 9 heteroatoms. The van der Waals surface area contributed by atoms with Crippen molar-refractivity contribution in [2.24, 2.45) is 4.99 Å². The number of ether oxygens (including phenoxy) is 1. The van der Waals surface area contributed by atoms with E-state index in [1.54, 1.807) is 9.58 Å². The van der Waals surface area contributed by atoms with E-state index in [0.29, 0.717) is 19.4 Å². The monoisotopic (exact) mass is 352 g/mol. The minimum absolute atomic E-state index is 0.123. The Morgan fingerprint density at radius 2 is 2.27 bits per heavy atom. The third kappa shape index (κ3) is 2.24. The van der Waals surface area contributed by atoms with Gasteiger partial charge < -0.3 is 9.84 Å². The number of fused-ring (bicyclic) bond motifs is 3. The second-order valence-corrected chi connectivity index (χ2v) is 6.51. The Labute approximate surface area is 148 Å². The Morgan fingerprint density at radius 1 is 1.35 bits per heavy atom. The summed E-state index contributed by atoms with van der Waals surface area (Å²) in [5.41, 5.74) is 4.20. The largest absolute Gasteiger partial charge is 0.441 e. The molecule has 132 valence electrons. The smallest absolute Gasteiger partial charge is 0.415 e. The molecule has 0 radical (unpaired) electrons. The number of hydrogen-bond donors (Lipinski definition) is 1. The second kappa shape index (κ2) is 5.73. The van der Waals surface area contributed by atoms with Crippen LogP contribution in [0.2, 0.25) is 0 Å². The maximum Gasteiger partial charge on any atom is 0.415 e. The molecule has 2 unspecified atom stereocenters. The number of benzene rings is 1. The van der Waals surface area contributed by atoms with E-state index < -0.39 is 6.10 Å². The zero-order valence-corrected chi connectivity index (χ0v) is 13.8. The van der Waals surface area contributed by atoms with Crippen molar-refractivity contribution in [3.8, 4) is 0 Å². The van der Waals surface area contributed by atoms with Gasteiger partial charge >= 0.3 is 6.09 Å². The van der Waals surface area contributed by atoms with E-state index in [4.69, 9.17) is 4.74 Å². The van der Waals surface area contributed by atoms with Gasteiger partial charge in [0.25, 0.3) is 0 Å². The predicted octanol–water partition coefficient (Wildman–Crippen LogP) is 0.649. The van der Waals surface area contributed by atoms with Crippen molar-refractivity contribution in [3.63, 3.8) is 0 Å². The summed E-state index contributed by atoms with van der Waals surface area (Å²) in [4.78, 5) is 18.3. The van der Waals surface area contributed by atoms with Gasteiger partial charge in [-0.1, -0.05) is 12.1 Å². The molecular weight excluding hydrogens is 336 g/mol. The number of anilines is 1. The van der Waals surface area contributed by atoms with E-state index in [1.165, 1.54) is 6.33 Å². The van der Waals surface area contributed by atoms with Crippen LogP contribution in [0.15, 0.2) is 35.6 Å². The third-order valence-corrected chi connectivity index (χ3v) is 5.10. The van der Waals surface area contributed by atoms with Crippen LogP contribution >= 0.6 is 0 Å². The number of aliphatic hydroxyl groups excluding tert-OH is 1. The van der Waals surface area contributed by atoms with E-state index >= 15 is 0 Å². The molecule has 2 atom stereocenters. The molecule has 3 aliphatic heterocycles. The van der Waals surface area contributed by atoms with E-state index in [2.05, 4.69) is 32.7 Å². The standard InChI is InChI=1S/C17H16N6O3/c24-8-15-14-6-12-5-10(1-3-13(12)23(14)17(25)26-15)11-2-4-16(18-7-11)22-9-19-20-21-22/h1-3,5,9,14-15,24H,4,6-8H2. The van der Waals surface area contributed by atoms with Gasteiger partial charge in [-0.05, 0) is 45.7 Å². The Morgan fingerprint density at radius 3 is 3.00 bits per heavy atom. The molecule has 1 N–H and O–H groups in total. The lowest BCUT2D eigenvalue weighted by atomic mass is 9.98. The van der Waals surface area contributed by atoms with Gasteiger partial charge in [-0.3, -0.25) is 9.89 Å². The number of dihydropyridines is 1. The molecule has 9 nitrogen and oxygen atoms in total. The summed E-state index contributed by atoms with van der Waals surface area (Å²) >= 11 is 0. The number of amides is 1. The second-order valence-electron chi connectivity index (χ2n) is 6.51. The number of nitrogens with zero attached hydrogens (tertiary/aromatic N) is 6. The number of aliphatic imine (C=N–C) groups is 1. The van der Waals surface area contributed by atoms with Crippen molar-refractivity contribution in [3.05, 3.63) is 41.7 Å². The van der Waals surface area contributed by atoms with Gasteiger partial charge in [0.2, 0.25) is 0 Å². The molecule has 1 fully saturated rings. The van der Waals surface area contributed by atoms with Crippen LogP contribution in [0.1, 0.15) is 17.5 Å². The molecular formula is C17H16N6O3. The minimum Gasteiger partial charge on any atom is -0.441 e. The predicted molar refractivity (Wildman–Crippen MR) is 91.9 cm³/mol. The summed E-state index contributed by atoms with van der Waals surface area (Å²) in [6.45, 7) is 0.399. The maximum absolute atomic E-state index is 12.1. The molecule has 5 rings (SSSR count). The fraction of sp³-hybridized carbons (Fsp3) is 0.353. The first-order valence-corrected chi connectivity index (χ1v) is 8.44. The van der Waals surface area contributed by atoms with Crippen molar-refractivity contribution in [1.29, 1.82) is 0 Å². The van der Waals surface area contributed by atoms with Crippen molar-refractivity contribution in [1.82, 2.24) is 20.2 Å². The first-order chi connectivity index (χ1) is 12.7. The highest BCUT2D eigenvalue weighted by molar-refractivity contribution is 5.94. The van der Waals surface area contributed by atoms with Crippen LogP contribution in [0.3, 0.4) is 0 Å². The maximum atomic E-state index is 12.1. The van der Waals surface area contributed by atoms with Gasteiger partial charge in [-0.25, -0.2) is 4.79 Å². The lowest BCUT2D eigenvalue weighted by molar-refractivity contribution is 0.0830. The number of carbonyl (C=O) groups is 1. The minimum atomic E-state index is -0.462. The van der Waals surface area contributed by atoms with Crippen molar-refractivity contribution in [2.45, 2.75) is 25.0 Å². The molecule has 3 aliphatic rings. The summed E-state index contributed by atoms with van der Waals surface area (Å²) in [5.74, 6) is 0.814. The number of tetrazole rings is 1. The average Bonchev–Trinajstić information content (AvgIpc) is 3.38. The highest BCUT2D eigenvalue weighted by atomic mass is 16.6. The van der Waals surface area contributed by atoms with Gasteiger partial charge in [0.15, 0.2) is 0 Å². The van der Waals surface area contributed by atoms with Crippen LogP contribution in [-0.2, 0) is 11.2 Å². The van der Waals surface area contributed by atoms with E-state index in [-0.39, 0.29) is 18.7 Å². The molecule has 0 aliphatic carbocycles. The lowest BCUT2D eigenvalue weighted by Crippen LogP contribution is -2.34. The summed E-state index contributed by atoms with van der Waals surface area (Å²) in [5, 5.41) is 20.6. The summed E-state index contributed by atoms with van der Waals surface area (Å²) in [6, 6.07) is 5.94. The molecule has 4 heterocycles. The molecule has 1 aromatic heterocycles. The fourth-order valence-corrected chi connectivity index (χ4v) is 3.81. The van der Waals surface area contributed by atoms with Crippen LogP contribution < -0.4 is 4.90 Å². The van der Waals surface area contributed by atoms with E-state index in [0.717, 1.165) is 28.2 Å². The summed E-state index contributed by atoms with van der Waals surface area (Å²) in [7, 11) is 0. The Balaban J connectivity index is 1.39. The average molecular weight is 352 g/mol. The van der Waals surface area contributed by atoms with Crippen LogP contribution in [0.5, 0.6) is 0 Å². The van der Waals surface area contributed by atoms with Crippen molar-refractivity contribution in [2.75, 3.05) is 18.1 Å². The Hall–Kier alpha value is -3.07. The number of aromatic nitrogens is 4. The molecule has 2 aromatic rings. The van der Waals surface area contributed by atoms with Gasteiger partial charge in [0.05, 0.1) is 24.9 Å². The van der Waals surface area contributed by atoms with Crippen molar-refractivity contribution >= 4 is 23.2 Å². The summed E-state index contributed by atoms with van der Waals surface area (Å²) < 4.78 is 6.79. The van der Waals surface area contributed by atoms with Crippen LogP contribution in [-0.4, -0.2) is 62.5 Å². The van der Waals surface area contributed by atoms with E-state index in [9.17, 15) is 9.90 Å². The fourth-order valence-electron chi connectivity index (χ4n) is 3.81. The summed E-state index contributed by atoms with van der Waals surface area (Å²) in [6.07, 6.45) is 4.17. The number of allylic oxidation sites excluding steroid dienone is 1. The molecule has 1 aromatic carbocycles. The normalized spacial score (nSPS) is 24.0. The molecule has 0 bridgehead atoms. The topological polar surface area (TPSA) is 106 Å². The number of rotatable bonds is 2. The first-order valence-electron chi connectivity index (χ1n) is 8.44. The highest BCUT2D eigenvalue weighted by Crippen LogP contribution is 2.40.